The normalized spacial score (nSPS) is 11.9. The van der Waals surface area contributed by atoms with E-state index in [1.165, 1.54) is 0 Å². The highest BCUT2D eigenvalue weighted by Crippen LogP contribution is 2.44. The number of rotatable bonds is 5. The molecule has 7 aromatic rings. The van der Waals surface area contributed by atoms with Crippen molar-refractivity contribution < 1.29 is 5.11 Å². The second-order valence-electron chi connectivity index (χ2n) is 14.9. The predicted octanol–water partition coefficient (Wildman–Crippen LogP) is 11.3. The van der Waals surface area contributed by atoms with Gasteiger partial charge in [-0.1, -0.05) is 114 Å². The molecule has 246 valence electrons. The first-order chi connectivity index (χ1) is 23.9. The number of pyridine rings is 1. The van der Waals surface area contributed by atoms with Crippen molar-refractivity contribution >= 4 is 11.0 Å². The molecule has 0 aliphatic carbocycles. The zero-order valence-electron chi connectivity index (χ0n) is 29.4. The van der Waals surface area contributed by atoms with Crippen molar-refractivity contribution in [2.45, 2.75) is 52.4 Å². The van der Waals surface area contributed by atoms with Gasteiger partial charge in [-0.25, -0.2) is 4.98 Å². The van der Waals surface area contributed by atoms with Crippen LogP contribution in [0.15, 0.2) is 128 Å². The van der Waals surface area contributed by atoms with Crippen molar-refractivity contribution in [3.8, 4) is 62.4 Å². The number of nitriles is 1. The molecule has 0 spiro atoms. The SMILES string of the molecule is CC(C)(C)c1cc(-c2nc3c(-c4cc(-c5ccccn5)ccc4C#N)cccc3n2-c2ccc(-c3ccccc3)cc2)c(O)c(C(C)(C)C)c1. The van der Waals surface area contributed by atoms with Crippen LogP contribution in [0.4, 0.5) is 0 Å². The number of para-hydroxylation sites is 1. The Kier molecular flexibility index (Phi) is 8.12. The van der Waals surface area contributed by atoms with Crippen LogP contribution in [0.25, 0.3) is 61.6 Å². The van der Waals surface area contributed by atoms with Gasteiger partial charge in [0.2, 0.25) is 0 Å². The second kappa shape index (κ2) is 12.5. The molecule has 2 aromatic heterocycles. The van der Waals surface area contributed by atoms with Crippen LogP contribution in [0.2, 0.25) is 0 Å². The lowest BCUT2D eigenvalue weighted by Gasteiger charge is -2.27. The predicted molar refractivity (Wildman–Crippen MR) is 204 cm³/mol. The summed E-state index contributed by atoms with van der Waals surface area (Å²) in [6, 6.07) is 43.1. The second-order valence-corrected chi connectivity index (χ2v) is 14.9. The van der Waals surface area contributed by atoms with E-state index in [0.717, 1.165) is 61.4 Å². The smallest absolute Gasteiger partial charge is 0.149 e. The standard InChI is InChI=1S/C45H40N4O/c1-44(2,3)33-26-37(42(50)38(27-33)45(4,5)6)43-48-41-35(36-25-31(18-19-32(36)28-46)39-16-10-11-24-47-39)15-12-17-40(41)49(43)34-22-20-30(21-23-34)29-13-8-7-9-14-29/h7-27,50H,1-6H3. The van der Waals surface area contributed by atoms with Crippen molar-refractivity contribution in [2.24, 2.45) is 0 Å². The summed E-state index contributed by atoms with van der Waals surface area (Å²) in [5.74, 6) is 0.854. The minimum absolute atomic E-state index is 0.171. The third-order valence-electron chi connectivity index (χ3n) is 9.33. The van der Waals surface area contributed by atoms with E-state index in [4.69, 9.17) is 4.98 Å². The third-order valence-corrected chi connectivity index (χ3v) is 9.33. The van der Waals surface area contributed by atoms with Gasteiger partial charge in [0.05, 0.1) is 33.9 Å². The summed E-state index contributed by atoms with van der Waals surface area (Å²) in [5, 5.41) is 22.4. The summed E-state index contributed by atoms with van der Waals surface area (Å²) in [4.78, 5) is 9.94. The molecule has 0 aliphatic heterocycles. The molecule has 5 nitrogen and oxygen atoms in total. The first-order valence-electron chi connectivity index (χ1n) is 17.0. The number of fused-ring (bicyclic) bond motifs is 1. The monoisotopic (exact) mass is 652 g/mol. The minimum atomic E-state index is -0.312. The van der Waals surface area contributed by atoms with Gasteiger partial charge < -0.3 is 5.11 Å². The molecule has 50 heavy (non-hydrogen) atoms. The fraction of sp³-hybridized carbons (Fsp3) is 0.178. The van der Waals surface area contributed by atoms with Crippen LogP contribution in [-0.2, 0) is 10.8 Å². The molecular formula is C45H40N4O. The zero-order chi connectivity index (χ0) is 35.2. The lowest BCUT2D eigenvalue weighted by atomic mass is 9.79. The van der Waals surface area contributed by atoms with E-state index >= 15 is 0 Å². The fourth-order valence-electron chi connectivity index (χ4n) is 6.56. The van der Waals surface area contributed by atoms with Crippen molar-refractivity contribution in [3.05, 3.63) is 144 Å². The van der Waals surface area contributed by atoms with E-state index in [2.05, 4.69) is 112 Å². The molecule has 0 fully saturated rings. The average Bonchev–Trinajstić information content (AvgIpc) is 3.51. The molecule has 0 atom stereocenters. The molecule has 7 rings (SSSR count). The van der Waals surface area contributed by atoms with Crippen LogP contribution < -0.4 is 0 Å². The highest BCUT2D eigenvalue weighted by Gasteiger charge is 2.28. The third kappa shape index (κ3) is 5.95. The first kappa shape index (κ1) is 32.6. The Bertz CT molecular complexity index is 2390. The lowest BCUT2D eigenvalue weighted by molar-refractivity contribution is 0.446. The molecule has 0 saturated carbocycles. The molecule has 2 heterocycles. The van der Waals surface area contributed by atoms with Crippen LogP contribution in [0.5, 0.6) is 5.75 Å². The number of benzene rings is 5. The summed E-state index contributed by atoms with van der Waals surface area (Å²) < 4.78 is 2.14. The van der Waals surface area contributed by atoms with Gasteiger partial charge in [0, 0.05) is 34.1 Å². The summed E-state index contributed by atoms with van der Waals surface area (Å²) in [7, 11) is 0. The van der Waals surface area contributed by atoms with Crippen molar-refractivity contribution in [3.63, 3.8) is 0 Å². The van der Waals surface area contributed by atoms with Crippen LogP contribution in [0, 0.1) is 11.3 Å². The van der Waals surface area contributed by atoms with Gasteiger partial charge in [0.15, 0.2) is 0 Å². The van der Waals surface area contributed by atoms with Crippen molar-refractivity contribution in [1.82, 2.24) is 14.5 Å². The Balaban J connectivity index is 1.54. The van der Waals surface area contributed by atoms with Gasteiger partial charge in [0.1, 0.15) is 11.6 Å². The van der Waals surface area contributed by atoms with Gasteiger partial charge in [-0.3, -0.25) is 9.55 Å². The van der Waals surface area contributed by atoms with Gasteiger partial charge in [0.25, 0.3) is 0 Å². The van der Waals surface area contributed by atoms with Gasteiger partial charge in [-0.2, -0.15) is 5.26 Å². The van der Waals surface area contributed by atoms with E-state index in [1.807, 2.05) is 66.7 Å². The Morgan fingerprint density at radius 1 is 0.640 bits per heavy atom. The molecular weight excluding hydrogens is 613 g/mol. The number of hydrogen-bond donors (Lipinski definition) is 1. The summed E-state index contributed by atoms with van der Waals surface area (Å²) in [6.07, 6.45) is 1.77. The van der Waals surface area contributed by atoms with Crippen LogP contribution >= 0.6 is 0 Å². The highest BCUT2D eigenvalue weighted by molar-refractivity contribution is 5.98. The summed E-state index contributed by atoms with van der Waals surface area (Å²) in [5.41, 5.74) is 10.8. The molecule has 1 N–H and O–H groups in total. The number of aromatic hydroxyl groups is 1. The molecule has 0 saturated heterocycles. The van der Waals surface area contributed by atoms with Crippen molar-refractivity contribution in [2.75, 3.05) is 0 Å². The molecule has 0 radical (unpaired) electrons. The van der Waals surface area contributed by atoms with Crippen molar-refractivity contribution in [1.29, 1.82) is 5.26 Å². The van der Waals surface area contributed by atoms with Gasteiger partial charge in [-0.15, -0.1) is 0 Å². The van der Waals surface area contributed by atoms with E-state index < -0.39 is 0 Å². The molecule has 5 heteroatoms. The zero-order valence-corrected chi connectivity index (χ0v) is 29.4. The Morgan fingerprint density at radius 2 is 1.34 bits per heavy atom. The summed E-state index contributed by atoms with van der Waals surface area (Å²) >= 11 is 0. The Hall–Kier alpha value is -5.99. The molecule has 0 bridgehead atoms. The summed E-state index contributed by atoms with van der Waals surface area (Å²) in [6.45, 7) is 12.9. The number of phenols is 1. The first-order valence-corrected chi connectivity index (χ1v) is 17.0. The van der Waals surface area contributed by atoms with Crippen LogP contribution in [-0.4, -0.2) is 19.6 Å². The molecule has 0 aliphatic rings. The number of phenolic OH excluding ortho intramolecular Hbond substituents is 1. The lowest BCUT2D eigenvalue weighted by Crippen LogP contribution is -2.17. The minimum Gasteiger partial charge on any atom is -0.507 e. The largest absolute Gasteiger partial charge is 0.507 e. The van der Waals surface area contributed by atoms with Gasteiger partial charge in [-0.05, 0) is 76.1 Å². The topological polar surface area (TPSA) is 74.7 Å². The number of imidazole rings is 1. The number of nitrogens with zero attached hydrogens (tertiary/aromatic N) is 4. The maximum absolute atomic E-state index is 12.1. The van der Waals surface area contributed by atoms with E-state index in [1.54, 1.807) is 6.20 Å². The average molecular weight is 653 g/mol. The Labute approximate surface area is 294 Å². The van der Waals surface area contributed by atoms with E-state index in [9.17, 15) is 10.4 Å². The Morgan fingerprint density at radius 3 is 2.00 bits per heavy atom. The highest BCUT2D eigenvalue weighted by atomic mass is 16.3. The van der Waals surface area contributed by atoms with Crippen LogP contribution in [0.3, 0.4) is 0 Å². The number of hydrogen-bond acceptors (Lipinski definition) is 4. The van der Waals surface area contributed by atoms with Gasteiger partial charge >= 0.3 is 0 Å². The molecule has 0 amide bonds. The fourth-order valence-corrected chi connectivity index (χ4v) is 6.56. The van der Waals surface area contributed by atoms with Crippen LogP contribution in [0.1, 0.15) is 58.2 Å². The molecule has 0 unspecified atom stereocenters. The van der Waals surface area contributed by atoms with E-state index in [0.29, 0.717) is 17.0 Å². The molecule has 5 aromatic carbocycles. The maximum Gasteiger partial charge on any atom is 0.149 e. The number of aromatic nitrogens is 3. The maximum atomic E-state index is 12.1. The van der Waals surface area contributed by atoms with E-state index in [-0.39, 0.29) is 16.6 Å². The quantitative estimate of drug-likeness (QED) is 0.201.